The highest BCUT2D eigenvalue weighted by atomic mass is 19.1. The average molecular weight is 190 g/mol. The normalized spacial score (nSPS) is 19.9. The van der Waals surface area contributed by atoms with Crippen LogP contribution in [0.2, 0.25) is 0 Å². The lowest BCUT2D eigenvalue weighted by Gasteiger charge is -2.04. The molecule has 3 rings (SSSR count). The lowest BCUT2D eigenvalue weighted by Crippen LogP contribution is -1.96. The van der Waals surface area contributed by atoms with Gasteiger partial charge in [-0.3, -0.25) is 4.79 Å². The van der Waals surface area contributed by atoms with E-state index in [0.29, 0.717) is 29.9 Å². The number of carbonyl (C=O) groups is 1. The van der Waals surface area contributed by atoms with Gasteiger partial charge in [0, 0.05) is 12.0 Å². The fourth-order valence-corrected chi connectivity index (χ4v) is 2.19. The number of Topliss-reactive ketones (excluding diaryl/α,β-unsaturated/α-hetero) is 1. The maximum atomic E-state index is 13.6. The van der Waals surface area contributed by atoms with Crippen LogP contribution >= 0.6 is 0 Å². The van der Waals surface area contributed by atoms with E-state index in [1.165, 1.54) is 0 Å². The van der Waals surface area contributed by atoms with E-state index in [0.717, 1.165) is 18.4 Å². The average Bonchev–Trinajstić information content (AvgIpc) is 2.93. The molecule has 0 amide bonds. The quantitative estimate of drug-likeness (QED) is 0.665. The molecule has 1 aromatic rings. The van der Waals surface area contributed by atoms with E-state index < -0.39 is 0 Å². The van der Waals surface area contributed by atoms with Crippen LogP contribution in [0.25, 0.3) is 0 Å². The van der Waals surface area contributed by atoms with Crippen LogP contribution < -0.4 is 0 Å². The molecule has 0 atom stereocenters. The Bertz CT molecular complexity index is 419. The van der Waals surface area contributed by atoms with Crippen molar-refractivity contribution in [3.8, 4) is 0 Å². The molecule has 2 heteroatoms. The van der Waals surface area contributed by atoms with Crippen LogP contribution in [0.15, 0.2) is 12.1 Å². The van der Waals surface area contributed by atoms with E-state index >= 15 is 0 Å². The zero-order valence-corrected chi connectivity index (χ0v) is 7.85. The van der Waals surface area contributed by atoms with Gasteiger partial charge in [-0.05, 0) is 48.4 Å². The third kappa shape index (κ3) is 1.10. The zero-order valence-electron chi connectivity index (χ0n) is 7.85. The summed E-state index contributed by atoms with van der Waals surface area (Å²) in [5, 5.41) is 0. The van der Waals surface area contributed by atoms with Crippen molar-refractivity contribution in [1.29, 1.82) is 0 Å². The summed E-state index contributed by atoms with van der Waals surface area (Å²) in [4.78, 5) is 11.4. The summed E-state index contributed by atoms with van der Waals surface area (Å²) in [5.74, 6) is 0.458. The van der Waals surface area contributed by atoms with Gasteiger partial charge in [0.15, 0.2) is 5.78 Å². The predicted octanol–water partition coefficient (Wildman–Crippen LogP) is 2.83. The summed E-state index contributed by atoms with van der Waals surface area (Å²) in [6.45, 7) is 0. The van der Waals surface area contributed by atoms with Crippen molar-refractivity contribution in [2.24, 2.45) is 0 Å². The number of halogens is 1. The van der Waals surface area contributed by atoms with Gasteiger partial charge < -0.3 is 0 Å². The molecule has 2 aliphatic rings. The van der Waals surface area contributed by atoms with Gasteiger partial charge in [-0.2, -0.15) is 0 Å². The number of hydrogen-bond donors (Lipinski definition) is 0. The minimum absolute atomic E-state index is 0.112. The summed E-state index contributed by atoms with van der Waals surface area (Å²) in [7, 11) is 0. The van der Waals surface area contributed by atoms with Crippen LogP contribution in [-0.2, 0) is 6.42 Å². The minimum atomic E-state index is -0.171. The van der Waals surface area contributed by atoms with Crippen LogP contribution in [0.4, 0.5) is 4.39 Å². The molecule has 72 valence electrons. The molecule has 2 aliphatic carbocycles. The summed E-state index contributed by atoms with van der Waals surface area (Å²) in [6, 6.07) is 3.53. The largest absolute Gasteiger partial charge is 0.294 e. The number of rotatable bonds is 1. The Morgan fingerprint density at radius 1 is 1.21 bits per heavy atom. The Kier molecular flexibility index (Phi) is 1.55. The lowest BCUT2D eigenvalue weighted by atomic mass is 10.0. The molecule has 0 bridgehead atoms. The molecule has 0 radical (unpaired) electrons. The molecule has 1 aromatic carbocycles. The smallest absolute Gasteiger partial charge is 0.163 e. The van der Waals surface area contributed by atoms with Crippen molar-refractivity contribution in [3.05, 3.63) is 34.6 Å². The van der Waals surface area contributed by atoms with Crippen molar-refractivity contribution >= 4 is 5.78 Å². The summed E-state index contributed by atoms with van der Waals surface area (Å²) < 4.78 is 13.6. The zero-order chi connectivity index (χ0) is 9.71. The maximum Gasteiger partial charge on any atom is 0.163 e. The molecule has 1 saturated carbocycles. The highest BCUT2D eigenvalue weighted by molar-refractivity contribution is 6.00. The van der Waals surface area contributed by atoms with Crippen molar-refractivity contribution in [2.75, 3.05) is 0 Å². The molecule has 14 heavy (non-hydrogen) atoms. The highest BCUT2D eigenvalue weighted by Crippen LogP contribution is 2.42. The standard InChI is InChI=1S/C12H11FO/c13-11-6-8(7-1-2-7)5-10-9(11)3-4-12(10)14/h5-7H,1-4H2. The topological polar surface area (TPSA) is 17.1 Å². The summed E-state index contributed by atoms with van der Waals surface area (Å²) >= 11 is 0. The first kappa shape index (κ1) is 8.16. The van der Waals surface area contributed by atoms with Crippen LogP contribution in [0.3, 0.4) is 0 Å². The molecule has 0 aromatic heterocycles. The predicted molar refractivity (Wildman–Crippen MR) is 51.0 cm³/mol. The number of benzene rings is 1. The van der Waals surface area contributed by atoms with Gasteiger partial charge >= 0.3 is 0 Å². The Balaban J connectivity index is 2.16. The number of fused-ring (bicyclic) bond motifs is 1. The molecular formula is C12H11FO. The molecule has 0 spiro atoms. The summed E-state index contributed by atoms with van der Waals surface area (Å²) in [6.07, 6.45) is 3.37. The van der Waals surface area contributed by atoms with Gasteiger partial charge in [0.05, 0.1) is 0 Å². The SMILES string of the molecule is O=C1CCc2c(F)cc(C3CC3)cc21. The van der Waals surface area contributed by atoms with E-state index in [1.807, 2.05) is 6.07 Å². The lowest BCUT2D eigenvalue weighted by molar-refractivity contribution is 0.0994. The van der Waals surface area contributed by atoms with Crippen LogP contribution in [0, 0.1) is 5.82 Å². The molecule has 1 fully saturated rings. The molecule has 1 nitrogen and oxygen atoms in total. The Labute approximate surface area is 81.9 Å². The van der Waals surface area contributed by atoms with Crippen LogP contribution in [0.5, 0.6) is 0 Å². The number of ketones is 1. The Hall–Kier alpha value is -1.18. The van der Waals surface area contributed by atoms with E-state index in [4.69, 9.17) is 0 Å². The van der Waals surface area contributed by atoms with E-state index in [1.54, 1.807) is 6.07 Å². The molecule has 0 heterocycles. The number of hydrogen-bond acceptors (Lipinski definition) is 1. The third-order valence-electron chi connectivity index (χ3n) is 3.17. The van der Waals surface area contributed by atoms with Crippen molar-refractivity contribution in [3.63, 3.8) is 0 Å². The monoisotopic (exact) mass is 190 g/mol. The first-order chi connectivity index (χ1) is 6.75. The molecular weight excluding hydrogens is 179 g/mol. The highest BCUT2D eigenvalue weighted by Gasteiger charge is 2.29. The Morgan fingerprint density at radius 2 is 2.00 bits per heavy atom. The van der Waals surface area contributed by atoms with E-state index in [9.17, 15) is 9.18 Å². The van der Waals surface area contributed by atoms with E-state index in [2.05, 4.69) is 0 Å². The van der Waals surface area contributed by atoms with Crippen LogP contribution in [-0.4, -0.2) is 5.78 Å². The third-order valence-corrected chi connectivity index (χ3v) is 3.17. The van der Waals surface area contributed by atoms with E-state index in [-0.39, 0.29) is 11.6 Å². The maximum absolute atomic E-state index is 13.6. The molecule has 0 unspecified atom stereocenters. The minimum Gasteiger partial charge on any atom is -0.294 e. The van der Waals surface area contributed by atoms with Gasteiger partial charge in [-0.15, -0.1) is 0 Å². The fraction of sp³-hybridized carbons (Fsp3) is 0.417. The van der Waals surface area contributed by atoms with Crippen LogP contribution in [0.1, 0.15) is 46.7 Å². The molecule has 0 saturated heterocycles. The van der Waals surface area contributed by atoms with Gasteiger partial charge in [0.2, 0.25) is 0 Å². The first-order valence-corrected chi connectivity index (χ1v) is 5.11. The number of carbonyl (C=O) groups excluding carboxylic acids is 1. The molecule has 0 aliphatic heterocycles. The second-order valence-electron chi connectivity index (χ2n) is 4.23. The Morgan fingerprint density at radius 3 is 2.71 bits per heavy atom. The van der Waals surface area contributed by atoms with Crippen molar-refractivity contribution in [2.45, 2.75) is 31.6 Å². The van der Waals surface area contributed by atoms with Gasteiger partial charge in [-0.25, -0.2) is 4.39 Å². The fourth-order valence-electron chi connectivity index (χ4n) is 2.19. The second kappa shape index (κ2) is 2.66. The van der Waals surface area contributed by atoms with Gasteiger partial charge in [0.25, 0.3) is 0 Å². The summed E-state index contributed by atoms with van der Waals surface area (Å²) in [5.41, 5.74) is 2.31. The van der Waals surface area contributed by atoms with Gasteiger partial charge in [-0.1, -0.05) is 0 Å². The van der Waals surface area contributed by atoms with Crippen molar-refractivity contribution in [1.82, 2.24) is 0 Å². The van der Waals surface area contributed by atoms with Crippen molar-refractivity contribution < 1.29 is 9.18 Å². The second-order valence-corrected chi connectivity index (χ2v) is 4.23. The first-order valence-electron chi connectivity index (χ1n) is 5.11. The molecule has 0 N–H and O–H groups in total. The van der Waals surface area contributed by atoms with Gasteiger partial charge in [0.1, 0.15) is 5.82 Å².